The molecule has 0 N–H and O–H groups in total. The number of para-hydroxylation sites is 1. The number of rotatable bonds is 4. The first-order valence-corrected chi connectivity index (χ1v) is 29.3. The van der Waals surface area contributed by atoms with Crippen molar-refractivity contribution in [1.29, 1.82) is 0 Å². The smallest absolute Gasteiger partial charge is 0.298 e. The minimum absolute atomic E-state index is 0. The first-order chi connectivity index (χ1) is 41.8. The van der Waals surface area contributed by atoms with Gasteiger partial charge in [0.05, 0.1) is 45.3 Å². The predicted octanol–water partition coefficient (Wildman–Crippen LogP) is 18.1. The summed E-state index contributed by atoms with van der Waals surface area (Å²) in [6, 6.07) is 56.5. The van der Waals surface area contributed by atoms with Crippen LogP contribution in [0.2, 0.25) is 0 Å². The van der Waals surface area contributed by atoms with Crippen LogP contribution in [0.5, 0.6) is 0 Å². The Bertz CT molecular complexity index is 5150. The molecule has 4 aliphatic heterocycles. The number of pyridine rings is 4. The molecule has 6 aromatic carbocycles. The Balaban J connectivity index is 0.000000186. The zero-order chi connectivity index (χ0) is 56.9. The zero-order valence-electron chi connectivity index (χ0n) is 48.1. The fraction of sp³-hybridized carbons (Fsp3) is 0.235. The summed E-state index contributed by atoms with van der Waals surface area (Å²) in [6.45, 7) is 13.0. The predicted molar refractivity (Wildman–Crippen MR) is 392 cm³/mol. The van der Waals surface area contributed by atoms with Gasteiger partial charge in [-0.3, -0.25) is 4.98 Å². The SMILES string of the molecule is C.C.C.C.C.C.C.C.C.CC(C)c1cccc(C(C)C)c1-n1cc[n+]2c1-c1ccccc1C2.[Ir].[c-]1ccnc2ccn3ccnc3c12.c1cc2c3c(c1)cc[n+]1cnn(c31)C2.c1cc2c3c(c1)ccn1cc[n+](c31)C2.c1ccc(-c2nc3cccc4c3c3n2cc[n+]3C4)cc1. The summed E-state index contributed by atoms with van der Waals surface area (Å²) in [7, 11) is 0. The van der Waals surface area contributed by atoms with Crippen molar-refractivity contribution in [2.45, 2.75) is 133 Å². The molecule has 0 saturated heterocycles. The second kappa shape index (κ2) is 29.9. The van der Waals surface area contributed by atoms with E-state index in [1.165, 1.54) is 94.3 Å². The first kappa shape index (κ1) is 74.0. The summed E-state index contributed by atoms with van der Waals surface area (Å²) in [5.74, 6) is 3.31. The van der Waals surface area contributed by atoms with Crippen molar-refractivity contribution in [3.05, 3.63) is 272 Å². The average Bonchev–Trinajstić information content (AvgIpc) is 1.60. The van der Waals surface area contributed by atoms with Crippen LogP contribution in [-0.2, 0) is 46.3 Å². The Morgan fingerprint density at radius 1 is 0.474 bits per heavy atom. The van der Waals surface area contributed by atoms with Crippen molar-refractivity contribution in [3.63, 3.8) is 0 Å². The van der Waals surface area contributed by atoms with Crippen molar-refractivity contribution in [3.8, 4) is 28.5 Å². The summed E-state index contributed by atoms with van der Waals surface area (Å²) in [4.78, 5) is 13.4. The molecule has 0 spiro atoms. The van der Waals surface area contributed by atoms with Gasteiger partial charge in [0.15, 0.2) is 0 Å². The number of imidazole rings is 4. The van der Waals surface area contributed by atoms with Crippen LogP contribution in [-0.4, -0.2) is 42.5 Å². The van der Waals surface area contributed by atoms with Gasteiger partial charge < -0.3 is 9.38 Å². The van der Waals surface area contributed by atoms with Gasteiger partial charge >= 0.3 is 0 Å². The Morgan fingerprint density at radius 3 is 1.83 bits per heavy atom. The quantitative estimate of drug-likeness (QED) is 0.130. The summed E-state index contributed by atoms with van der Waals surface area (Å²) in [6.07, 6.45) is 26.4. The largest absolute Gasteiger partial charge is 0.352 e. The molecule has 14 heterocycles. The number of fused-ring (bicyclic) bond motifs is 6. The molecule has 0 saturated carbocycles. The molecule has 10 aromatic heterocycles. The van der Waals surface area contributed by atoms with E-state index in [4.69, 9.17) is 4.98 Å². The van der Waals surface area contributed by atoms with Crippen LogP contribution in [0, 0.1) is 6.07 Å². The molecule has 16 aromatic rings. The van der Waals surface area contributed by atoms with Gasteiger partial charge in [-0.2, -0.15) is 8.97 Å². The van der Waals surface area contributed by atoms with Crippen molar-refractivity contribution in [2.24, 2.45) is 0 Å². The van der Waals surface area contributed by atoms with Crippen LogP contribution < -0.4 is 18.1 Å². The van der Waals surface area contributed by atoms with Crippen LogP contribution >= 0.6 is 0 Å². The van der Waals surface area contributed by atoms with Crippen molar-refractivity contribution in [2.75, 3.05) is 0 Å². The molecule has 0 amide bonds. The monoisotopic (exact) mass is 1440 g/mol. The van der Waals surface area contributed by atoms with Crippen LogP contribution in [0.15, 0.2) is 232 Å². The van der Waals surface area contributed by atoms with Crippen molar-refractivity contribution in [1.82, 2.24) is 42.5 Å². The van der Waals surface area contributed by atoms with E-state index in [9.17, 15) is 0 Å². The van der Waals surface area contributed by atoms with Gasteiger partial charge in [0.2, 0.25) is 5.82 Å². The standard InChI is InChI=1S/C22H25N2.C17H12N3.C12H9N2.C11H8N3.C10H6N3.9CH4.Ir/c1-15(2)18-10-7-11-19(16(3)4)21(18)24-13-12-23-14-17-8-5-6-9-20(17)22(23)24;1-2-5-12(6-3-1)16-18-14-8-4-7-13-11-19-9-10-20(16)17(19)15(13)14;1-2-9-4-5-13-6-7-14-8-10(3-1)11(9)12(13)14;1-2-8-4-5-13-7-12-14-6-9(3-1)10(8)11(13)14;1-2-8-9(11-4-1)3-6-13-7-5-12-10(8)13;;;;;;;;;;/h5-13,15-16H,14H2,1-4H3;1-10H,11H2;1-7H,8H2;1-5,7H,6H2;1,3-7H;9*1H4;/q4*+1;-1;;;;;;;;;;. The molecule has 95 heavy (non-hydrogen) atoms. The average molecular weight is 1440 g/mol. The van der Waals surface area contributed by atoms with Crippen LogP contribution in [0.4, 0.5) is 0 Å². The molecule has 0 unspecified atom stereocenters. The Morgan fingerprint density at radius 2 is 1.08 bits per heavy atom. The van der Waals surface area contributed by atoms with E-state index in [0.717, 1.165) is 59.6 Å². The van der Waals surface area contributed by atoms with Crippen molar-refractivity contribution >= 4 is 65.9 Å². The molecule has 1 radical (unpaired) electrons. The van der Waals surface area contributed by atoms with Gasteiger partial charge in [-0.15, -0.1) is 16.8 Å². The third kappa shape index (κ3) is 12.4. The molecule has 491 valence electrons. The Hall–Kier alpha value is -10.0. The van der Waals surface area contributed by atoms with Crippen molar-refractivity contribution < 1.29 is 38.2 Å². The maximum atomic E-state index is 4.89. The molecule has 14 heteroatoms. The summed E-state index contributed by atoms with van der Waals surface area (Å²) in [5.41, 5.74) is 19.0. The second-order valence-corrected chi connectivity index (χ2v) is 23.0. The number of nitrogens with zero attached hydrogens (tertiary/aromatic N) is 13. The Kier molecular flexibility index (Phi) is 23.3. The minimum atomic E-state index is 0. The molecule has 0 fully saturated rings. The number of benzene rings is 6. The number of aromatic nitrogens is 13. The van der Waals surface area contributed by atoms with E-state index < -0.39 is 0 Å². The maximum Gasteiger partial charge on any atom is 0.298 e. The fourth-order valence-corrected chi connectivity index (χ4v) is 13.3. The maximum absolute atomic E-state index is 4.89. The molecule has 0 atom stereocenters. The third-order valence-corrected chi connectivity index (χ3v) is 17.2. The second-order valence-electron chi connectivity index (χ2n) is 23.0. The van der Waals surface area contributed by atoms with E-state index in [1.54, 1.807) is 18.5 Å². The van der Waals surface area contributed by atoms with Gasteiger partial charge in [-0.05, 0) is 70.7 Å². The van der Waals surface area contributed by atoms with E-state index >= 15 is 0 Å². The molecule has 4 aliphatic rings. The van der Waals surface area contributed by atoms with Crippen LogP contribution in [0.25, 0.3) is 94.4 Å². The minimum Gasteiger partial charge on any atom is -0.352 e. The summed E-state index contributed by atoms with van der Waals surface area (Å²) >= 11 is 0. The van der Waals surface area contributed by atoms with Gasteiger partial charge in [0.25, 0.3) is 29.1 Å². The van der Waals surface area contributed by atoms with Gasteiger partial charge in [0.1, 0.15) is 69.0 Å². The normalized spacial score (nSPS) is 11.4. The molecule has 0 aliphatic carbocycles. The third-order valence-electron chi connectivity index (χ3n) is 17.2. The van der Waals surface area contributed by atoms with Crippen LogP contribution in [0.3, 0.4) is 0 Å². The van der Waals surface area contributed by atoms with E-state index in [0.29, 0.717) is 11.8 Å². The Labute approximate surface area is 575 Å². The molecule has 13 nitrogen and oxygen atoms in total. The van der Waals surface area contributed by atoms with E-state index in [-0.39, 0.29) is 86.9 Å². The summed E-state index contributed by atoms with van der Waals surface area (Å²) < 4.78 is 19.9. The molecular weight excluding hydrogens is 1350 g/mol. The molecular formula is C81H96IrN13+3. The van der Waals surface area contributed by atoms with Gasteiger partial charge in [-0.25, -0.2) is 27.5 Å². The first-order valence-electron chi connectivity index (χ1n) is 29.3. The fourth-order valence-electron chi connectivity index (χ4n) is 13.3. The summed E-state index contributed by atoms with van der Waals surface area (Å²) in [5, 5.41) is 12.0. The van der Waals surface area contributed by atoms with Crippen LogP contribution in [0.1, 0.15) is 140 Å². The van der Waals surface area contributed by atoms with Gasteiger partial charge in [0, 0.05) is 76.5 Å². The topological polar surface area (TPSA) is 90.4 Å². The van der Waals surface area contributed by atoms with E-state index in [2.05, 4.69) is 268 Å². The molecule has 0 bridgehead atoms. The van der Waals surface area contributed by atoms with E-state index in [1.807, 2.05) is 35.3 Å². The molecule has 20 rings (SSSR count). The van der Waals surface area contributed by atoms with Gasteiger partial charge in [-0.1, -0.05) is 215 Å². The number of hydrogen-bond acceptors (Lipinski definition) is 4. The zero-order valence-corrected chi connectivity index (χ0v) is 50.5. The number of hydrogen-bond donors (Lipinski definition) is 0.